The Kier molecular flexibility index (Phi) is 8.11. The highest BCUT2D eigenvalue weighted by molar-refractivity contribution is 9.10. The van der Waals surface area contributed by atoms with Crippen molar-refractivity contribution >= 4 is 27.5 Å². The first kappa shape index (κ1) is 21.1. The molecule has 0 spiro atoms. The van der Waals surface area contributed by atoms with Crippen LogP contribution in [0.25, 0.3) is 0 Å². The molecule has 2 aromatic rings. The minimum atomic E-state index is -0.0843. The molecule has 0 saturated heterocycles. The molecule has 150 valence electrons. The van der Waals surface area contributed by atoms with E-state index in [0.717, 1.165) is 16.7 Å². The lowest BCUT2D eigenvalue weighted by molar-refractivity contribution is 0.102. The fourth-order valence-corrected chi connectivity index (χ4v) is 4.03. The Balaban J connectivity index is 1.39. The van der Waals surface area contributed by atoms with Gasteiger partial charge in [0.25, 0.3) is 5.91 Å². The van der Waals surface area contributed by atoms with Crippen molar-refractivity contribution < 1.29 is 4.79 Å². The van der Waals surface area contributed by atoms with Gasteiger partial charge in [-0.15, -0.1) is 0 Å². The molecule has 0 bridgehead atoms. The van der Waals surface area contributed by atoms with E-state index in [1.807, 2.05) is 36.4 Å². The Morgan fingerprint density at radius 2 is 1.79 bits per heavy atom. The number of anilines is 1. The maximum Gasteiger partial charge on any atom is 0.255 e. The summed E-state index contributed by atoms with van der Waals surface area (Å²) in [6, 6.07) is 16.4. The Hall–Kier alpha value is -1.65. The van der Waals surface area contributed by atoms with Crippen molar-refractivity contribution in [2.24, 2.45) is 0 Å². The smallest absolute Gasteiger partial charge is 0.255 e. The largest absolute Gasteiger partial charge is 0.322 e. The topological polar surface area (TPSA) is 41.1 Å². The van der Waals surface area contributed by atoms with Gasteiger partial charge in [-0.1, -0.05) is 73.2 Å². The highest BCUT2D eigenvalue weighted by atomic mass is 79.9. The van der Waals surface area contributed by atoms with Crippen molar-refractivity contribution in [2.45, 2.75) is 63.8 Å². The number of hydrogen-bond acceptors (Lipinski definition) is 2. The van der Waals surface area contributed by atoms with Gasteiger partial charge in [0.15, 0.2) is 0 Å². The van der Waals surface area contributed by atoms with Crippen molar-refractivity contribution in [2.75, 3.05) is 11.9 Å². The summed E-state index contributed by atoms with van der Waals surface area (Å²) in [5.41, 5.74) is 2.85. The van der Waals surface area contributed by atoms with Crippen LogP contribution in [0.4, 0.5) is 5.69 Å². The molecule has 3 nitrogen and oxygen atoms in total. The molecule has 2 N–H and O–H groups in total. The predicted molar refractivity (Wildman–Crippen MR) is 121 cm³/mol. The van der Waals surface area contributed by atoms with Gasteiger partial charge in [0.05, 0.1) is 0 Å². The molecule has 1 amide bonds. The number of halogens is 1. The molecule has 1 aliphatic rings. The van der Waals surface area contributed by atoms with Crippen LogP contribution < -0.4 is 10.6 Å². The summed E-state index contributed by atoms with van der Waals surface area (Å²) in [6.07, 6.45) is 9.29. The second kappa shape index (κ2) is 10.8. The molecular formula is C24H31BrN2O. The first-order valence-corrected chi connectivity index (χ1v) is 11.4. The number of unbranched alkanes of at least 4 members (excludes halogenated alkanes) is 5. The first-order chi connectivity index (χ1) is 13.7. The summed E-state index contributed by atoms with van der Waals surface area (Å²) in [6.45, 7) is 3.39. The SMILES string of the molecule is CCCCCCCCNC1CC1c1ccc(NC(=O)c2cccc(Br)c2)cc1. The first-order valence-electron chi connectivity index (χ1n) is 10.6. The van der Waals surface area contributed by atoms with Gasteiger partial charge in [-0.25, -0.2) is 0 Å². The summed E-state index contributed by atoms with van der Waals surface area (Å²) >= 11 is 3.40. The van der Waals surface area contributed by atoms with E-state index in [0.29, 0.717) is 17.5 Å². The summed E-state index contributed by atoms with van der Waals surface area (Å²) in [4.78, 5) is 12.3. The molecule has 28 heavy (non-hydrogen) atoms. The third-order valence-corrected chi connectivity index (χ3v) is 5.90. The van der Waals surface area contributed by atoms with Crippen molar-refractivity contribution in [1.82, 2.24) is 5.32 Å². The van der Waals surface area contributed by atoms with Crippen LogP contribution in [0.5, 0.6) is 0 Å². The van der Waals surface area contributed by atoms with Crippen LogP contribution in [0, 0.1) is 0 Å². The predicted octanol–water partition coefficient (Wildman–Crippen LogP) is 6.51. The van der Waals surface area contributed by atoms with E-state index >= 15 is 0 Å². The molecule has 2 atom stereocenters. The van der Waals surface area contributed by atoms with Gasteiger partial charge >= 0.3 is 0 Å². The van der Waals surface area contributed by atoms with E-state index in [4.69, 9.17) is 0 Å². The van der Waals surface area contributed by atoms with Crippen molar-refractivity contribution in [3.63, 3.8) is 0 Å². The molecule has 4 heteroatoms. The highest BCUT2D eigenvalue weighted by Gasteiger charge is 2.37. The second-order valence-corrected chi connectivity index (χ2v) is 8.67. The third kappa shape index (κ3) is 6.46. The zero-order valence-corrected chi connectivity index (χ0v) is 18.3. The van der Waals surface area contributed by atoms with Gasteiger partial charge in [-0.05, 0) is 55.3 Å². The molecule has 2 unspecified atom stereocenters. The summed E-state index contributed by atoms with van der Waals surface area (Å²) in [7, 11) is 0. The molecule has 0 aliphatic heterocycles. The number of benzene rings is 2. The Labute approximate surface area is 177 Å². The monoisotopic (exact) mass is 442 g/mol. The lowest BCUT2D eigenvalue weighted by Gasteiger charge is -2.08. The minimum absolute atomic E-state index is 0.0843. The van der Waals surface area contributed by atoms with E-state index < -0.39 is 0 Å². The number of hydrogen-bond donors (Lipinski definition) is 2. The van der Waals surface area contributed by atoms with E-state index in [-0.39, 0.29) is 5.91 Å². The Morgan fingerprint density at radius 3 is 2.54 bits per heavy atom. The van der Waals surface area contributed by atoms with Gasteiger partial charge < -0.3 is 10.6 Å². The van der Waals surface area contributed by atoms with Crippen LogP contribution in [0.3, 0.4) is 0 Å². The molecule has 3 rings (SSSR count). The molecule has 0 aromatic heterocycles. The van der Waals surface area contributed by atoms with Crippen molar-refractivity contribution in [3.05, 3.63) is 64.1 Å². The number of carbonyl (C=O) groups excluding carboxylic acids is 1. The van der Waals surface area contributed by atoms with Crippen LogP contribution in [-0.4, -0.2) is 18.5 Å². The van der Waals surface area contributed by atoms with Gasteiger partial charge in [0.1, 0.15) is 0 Å². The lowest BCUT2D eigenvalue weighted by Crippen LogP contribution is -2.19. The second-order valence-electron chi connectivity index (χ2n) is 7.76. The zero-order valence-electron chi connectivity index (χ0n) is 16.7. The third-order valence-electron chi connectivity index (χ3n) is 5.41. The zero-order chi connectivity index (χ0) is 19.8. The van der Waals surface area contributed by atoms with Crippen molar-refractivity contribution in [1.29, 1.82) is 0 Å². The molecular weight excluding hydrogens is 412 g/mol. The van der Waals surface area contributed by atoms with E-state index in [1.54, 1.807) is 0 Å². The summed E-state index contributed by atoms with van der Waals surface area (Å²) in [5.74, 6) is 0.536. The minimum Gasteiger partial charge on any atom is -0.322 e. The normalized spacial score (nSPS) is 18.1. The van der Waals surface area contributed by atoms with E-state index in [2.05, 4.69) is 45.6 Å². The lowest BCUT2D eigenvalue weighted by atomic mass is 10.1. The highest BCUT2D eigenvalue weighted by Crippen LogP contribution is 2.41. The van der Waals surface area contributed by atoms with Crippen LogP contribution in [0.15, 0.2) is 53.0 Å². The maximum absolute atomic E-state index is 12.3. The fraction of sp³-hybridized carbons (Fsp3) is 0.458. The molecule has 2 aromatic carbocycles. The molecule has 1 fully saturated rings. The van der Waals surface area contributed by atoms with Crippen LogP contribution in [0.1, 0.15) is 73.7 Å². The maximum atomic E-state index is 12.3. The molecule has 1 aliphatic carbocycles. The molecule has 0 radical (unpaired) electrons. The number of amides is 1. The van der Waals surface area contributed by atoms with E-state index in [1.165, 1.54) is 50.5 Å². The van der Waals surface area contributed by atoms with E-state index in [9.17, 15) is 4.79 Å². The van der Waals surface area contributed by atoms with Gasteiger partial charge in [0.2, 0.25) is 0 Å². The fourth-order valence-electron chi connectivity index (χ4n) is 3.63. The summed E-state index contributed by atoms with van der Waals surface area (Å²) < 4.78 is 0.906. The Bertz CT molecular complexity index is 759. The quantitative estimate of drug-likeness (QED) is 0.389. The Morgan fingerprint density at radius 1 is 1.04 bits per heavy atom. The molecule has 0 heterocycles. The van der Waals surface area contributed by atoms with Crippen LogP contribution in [0.2, 0.25) is 0 Å². The number of carbonyl (C=O) groups is 1. The van der Waals surface area contributed by atoms with Gasteiger partial charge in [0, 0.05) is 27.7 Å². The number of nitrogens with one attached hydrogen (secondary N) is 2. The summed E-state index contributed by atoms with van der Waals surface area (Å²) in [5, 5.41) is 6.67. The van der Waals surface area contributed by atoms with Crippen molar-refractivity contribution in [3.8, 4) is 0 Å². The average molecular weight is 443 g/mol. The molecule has 1 saturated carbocycles. The van der Waals surface area contributed by atoms with Crippen LogP contribution in [-0.2, 0) is 0 Å². The van der Waals surface area contributed by atoms with Gasteiger partial charge in [-0.3, -0.25) is 4.79 Å². The average Bonchev–Trinajstić information content (AvgIpc) is 3.47. The van der Waals surface area contributed by atoms with Crippen LogP contribution >= 0.6 is 15.9 Å². The number of rotatable bonds is 11. The van der Waals surface area contributed by atoms with Gasteiger partial charge in [-0.2, -0.15) is 0 Å². The standard InChI is InChI=1S/C24H31BrN2O/c1-2-3-4-5-6-7-15-26-23-17-22(23)18-11-13-21(14-12-18)27-24(28)19-9-8-10-20(25)16-19/h8-14,16,22-23,26H,2-7,15,17H2,1H3,(H,27,28).